The van der Waals surface area contributed by atoms with Crippen LogP contribution >= 0.6 is 0 Å². The Balaban J connectivity index is 0.00000126. The highest BCUT2D eigenvalue weighted by atomic mass is 16.7. The molecule has 0 unspecified atom stereocenters. The van der Waals surface area contributed by atoms with Crippen LogP contribution in [0.3, 0.4) is 0 Å². The SMILES string of the molecule is CC.COC(COc1nc(-c2ccc(CO)cc2)cc2ccccc12)OC. The molecule has 2 aromatic carbocycles. The third-order valence-electron chi connectivity index (χ3n) is 4.02. The summed E-state index contributed by atoms with van der Waals surface area (Å²) in [4.78, 5) is 4.67. The van der Waals surface area contributed by atoms with Crippen LogP contribution in [0.4, 0.5) is 0 Å². The summed E-state index contributed by atoms with van der Waals surface area (Å²) < 4.78 is 16.2. The molecule has 144 valence electrons. The maximum absolute atomic E-state index is 9.19. The molecular weight excluding hydrogens is 342 g/mol. The molecule has 0 fully saturated rings. The van der Waals surface area contributed by atoms with Gasteiger partial charge in [-0.3, -0.25) is 0 Å². The standard InChI is InChI=1S/C20H21NO4.C2H6/c1-23-19(24-2)13-25-20-17-6-4-3-5-16(17)11-18(21-20)15-9-7-14(12-22)8-10-15;1-2/h3-11,19,22H,12-13H2,1-2H3;1-2H3. The summed E-state index contributed by atoms with van der Waals surface area (Å²) in [6.45, 7) is 4.27. The molecule has 5 heteroatoms. The van der Waals surface area contributed by atoms with Crippen LogP contribution in [0.2, 0.25) is 0 Å². The molecule has 0 spiro atoms. The van der Waals surface area contributed by atoms with Crippen LogP contribution in [0, 0.1) is 0 Å². The van der Waals surface area contributed by atoms with E-state index >= 15 is 0 Å². The van der Waals surface area contributed by atoms with Crippen molar-refractivity contribution in [2.75, 3.05) is 20.8 Å². The van der Waals surface area contributed by atoms with Gasteiger partial charge in [-0.05, 0) is 23.1 Å². The van der Waals surface area contributed by atoms with Gasteiger partial charge in [0.1, 0.15) is 6.61 Å². The number of hydrogen-bond acceptors (Lipinski definition) is 5. The Bertz CT molecular complexity index is 829. The van der Waals surface area contributed by atoms with E-state index in [1.165, 1.54) is 0 Å². The van der Waals surface area contributed by atoms with E-state index in [1.54, 1.807) is 14.2 Å². The Morgan fingerprint density at radius 1 is 0.963 bits per heavy atom. The molecule has 0 aliphatic heterocycles. The maximum Gasteiger partial charge on any atom is 0.222 e. The summed E-state index contributed by atoms with van der Waals surface area (Å²) in [5.74, 6) is 0.540. The number of aromatic nitrogens is 1. The Hall–Kier alpha value is -2.47. The third kappa shape index (κ3) is 5.26. The van der Waals surface area contributed by atoms with Crippen LogP contribution in [-0.2, 0) is 16.1 Å². The highest BCUT2D eigenvalue weighted by Gasteiger charge is 2.12. The average molecular weight is 369 g/mol. The van der Waals surface area contributed by atoms with Crippen molar-refractivity contribution < 1.29 is 19.3 Å². The molecule has 0 radical (unpaired) electrons. The van der Waals surface area contributed by atoms with Gasteiger partial charge in [-0.15, -0.1) is 0 Å². The normalized spacial score (nSPS) is 10.6. The zero-order valence-corrected chi connectivity index (χ0v) is 16.3. The number of pyridine rings is 1. The van der Waals surface area contributed by atoms with Gasteiger partial charge in [-0.25, -0.2) is 4.98 Å². The van der Waals surface area contributed by atoms with Crippen molar-refractivity contribution in [3.8, 4) is 17.1 Å². The van der Waals surface area contributed by atoms with Crippen molar-refractivity contribution >= 4 is 10.8 Å². The highest BCUT2D eigenvalue weighted by Crippen LogP contribution is 2.29. The predicted molar refractivity (Wildman–Crippen MR) is 108 cm³/mol. The second-order valence-electron chi connectivity index (χ2n) is 5.60. The lowest BCUT2D eigenvalue weighted by atomic mass is 10.1. The van der Waals surface area contributed by atoms with Crippen molar-refractivity contribution in [3.63, 3.8) is 0 Å². The molecule has 0 saturated heterocycles. The number of nitrogens with zero attached hydrogens (tertiary/aromatic N) is 1. The first-order valence-corrected chi connectivity index (χ1v) is 9.03. The van der Waals surface area contributed by atoms with Crippen LogP contribution < -0.4 is 4.74 Å². The monoisotopic (exact) mass is 369 g/mol. The number of aliphatic hydroxyl groups is 1. The lowest BCUT2D eigenvalue weighted by Gasteiger charge is -2.16. The summed E-state index contributed by atoms with van der Waals surface area (Å²) in [5, 5.41) is 11.2. The van der Waals surface area contributed by atoms with Crippen LogP contribution in [0.15, 0.2) is 54.6 Å². The average Bonchev–Trinajstić information content (AvgIpc) is 2.75. The summed E-state index contributed by atoms with van der Waals surface area (Å²) in [6, 6.07) is 17.6. The molecule has 3 rings (SSSR count). The number of aliphatic hydroxyl groups excluding tert-OH is 1. The quantitative estimate of drug-likeness (QED) is 0.625. The van der Waals surface area contributed by atoms with Crippen LogP contribution in [0.5, 0.6) is 5.88 Å². The zero-order chi connectivity index (χ0) is 19.6. The van der Waals surface area contributed by atoms with E-state index in [9.17, 15) is 5.11 Å². The van der Waals surface area contributed by atoms with Crippen molar-refractivity contribution in [2.24, 2.45) is 0 Å². The fraction of sp³-hybridized carbons (Fsp3) is 0.318. The number of benzene rings is 2. The van der Waals surface area contributed by atoms with Gasteiger partial charge in [0.25, 0.3) is 0 Å². The van der Waals surface area contributed by atoms with Gasteiger partial charge >= 0.3 is 0 Å². The van der Waals surface area contributed by atoms with E-state index in [0.29, 0.717) is 5.88 Å². The molecule has 3 aromatic rings. The second-order valence-corrected chi connectivity index (χ2v) is 5.60. The molecular formula is C22H27NO4. The Morgan fingerprint density at radius 2 is 1.63 bits per heavy atom. The van der Waals surface area contributed by atoms with Crippen molar-refractivity contribution in [1.29, 1.82) is 0 Å². The Kier molecular flexibility index (Phi) is 8.20. The highest BCUT2D eigenvalue weighted by molar-refractivity contribution is 5.90. The van der Waals surface area contributed by atoms with Crippen molar-refractivity contribution in [3.05, 3.63) is 60.2 Å². The number of hydrogen-bond donors (Lipinski definition) is 1. The summed E-state index contributed by atoms with van der Waals surface area (Å²) in [7, 11) is 3.14. The van der Waals surface area contributed by atoms with Gasteiger partial charge in [0.15, 0.2) is 6.29 Å². The molecule has 1 aromatic heterocycles. The van der Waals surface area contributed by atoms with Crippen LogP contribution in [-0.4, -0.2) is 37.2 Å². The molecule has 0 saturated carbocycles. The zero-order valence-electron chi connectivity index (χ0n) is 16.3. The van der Waals surface area contributed by atoms with Gasteiger partial charge in [-0.2, -0.15) is 0 Å². The van der Waals surface area contributed by atoms with Gasteiger partial charge in [0.2, 0.25) is 5.88 Å². The largest absolute Gasteiger partial charge is 0.472 e. The predicted octanol–water partition coefficient (Wildman–Crippen LogP) is 4.42. The molecule has 1 heterocycles. The number of rotatable bonds is 7. The molecule has 27 heavy (non-hydrogen) atoms. The minimum atomic E-state index is -0.451. The van der Waals surface area contributed by atoms with Crippen molar-refractivity contribution in [2.45, 2.75) is 26.7 Å². The first kappa shape index (κ1) is 20.8. The molecule has 0 amide bonds. The lowest BCUT2D eigenvalue weighted by Crippen LogP contribution is -2.22. The maximum atomic E-state index is 9.19. The number of fused-ring (bicyclic) bond motifs is 1. The van der Waals surface area contributed by atoms with E-state index in [1.807, 2.05) is 68.4 Å². The molecule has 0 bridgehead atoms. The fourth-order valence-electron chi connectivity index (χ4n) is 2.58. The number of ether oxygens (including phenoxy) is 3. The summed E-state index contributed by atoms with van der Waals surface area (Å²) in [5.41, 5.74) is 2.64. The molecule has 0 atom stereocenters. The van der Waals surface area contributed by atoms with E-state index in [4.69, 9.17) is 14.2 Å². The van der Waals surface area contributed by atoms with E-state index in [0.717, 1.165) is 27.6 Å². The fourth-order valence-corrected chi connectivity index (χ4v) is 2.58. The Labute approximate surface area is 160 Å². The summed E-state index contributed by atoms with van der Waals surface area (Å²) in [6.07, 6.45) is -0.451. The molecule has 0 aliphatic rings. The molecule has 5 nitrogen and oxygen atoms in total. The second kappa shape index (κ2) is 10.6. The van der Waals surface area contributed by atoms with E-state index < -0.39 is 6.29 Å². The Morgan fingerprint density at radius 3 is 2.26 bits per heavy atom. The molecule has 0 aliphatic carbocycles. The van der Waals surface area contributed by atoms with Crippen LogP contribution in [0.1, 0.15) is 19.4 Å². The smallest absolute Gasteiger partial charge is 0.222 e. The first-order chi connectivity index (χ1) is 13.2. The minimum Gasteiger partial charge on any atom is -0.472 e. The van der Waals surface area contributed by atoms with E-state index in [2.05, 4.69) is 4.98 Å². The van der Waals surface area contributed by atoms with Crippen molar-refractivity contribution in [1.82, 2.24) is 4.98 Å². The van der Waals surface area contributed by atoms with Gasteiger partial charge in [-0.1, -0.05) is 56.3 Å². The third-order valence-corrected chi connectivity index (χ3v) is 4.02. The van der Waals surface area contributed by atoms with Gasteiger partial charge in [0, 0.05) is 25.2 Å². The topological polar surface area (TPSA) is 60.8 Å². The van der Waals surface area contributed by atoms with Gasteiger partial charge < -0.3 is 19.3 Å². The first-order valence-electron chi connectivity index (χ1n) is 9.03. The summed E-state index contributed by atoms with van der Waals surface area (Å²) >= 11 is 0. The number of methoxy groups -OCH3 is 2. The lowest BCUT2D eigenvalue weighted by molar-refractivity contribution is -0.122. The molecule has 1 N–H and O–H groups in total. The van der Waals surface area contributed by atoms with Crippen LogP contribution in [0.25, 0.3) is 22.0 Å². The van der Waals surface area contributed by atoms with E-state index in [-0.39, 0.29) is 13.2 Å². The minimum absolute atomic E-state index is 0.0230. The van der Waals surface area contributed by atoms with Gasteiger partial charge in [0.05, 0.1) is 12.3 Å².